The second-order valence-corrected chi connectivity index (χ2v) is 9.97. The molecule has 0 saturated heterocycles. The number of carbonyl (C=O) groups is 1. The highest BCUT2D eigenvalue weighted by atomic mass is 127. The number of halogens is 3. The molecule has 0 amide bonds. The molecule has 0 atom stereocenters. The van der Waals surface area contributed by atoms with E-state index in [9.17, 15) is 17.8 Å². The Morgan fingerprint density at radius 1 is 0.962 bits per heavy atom. The van der Waals surface area contributed by atoms with Crippen molar-refractivity contribution in [1.29, 1.82) is 0 Å². The molecule has 134 valence electrons. The van der Waals surface area contributed by atoms with Crippen molar-refractivity contribution in [1.82, 2.24) is 0 Å². The van der Waals surface area contributed by atoms with E-state index in [0.29, 0.717) is 12.7 Å². The van der Waals surface area contributed by atoms with Gasteiger partial charge in [-0.2, -0.15) is 8.42 Å². The second kappa shape index (κ2) is 7.85. The summed E-state index contributed by atoms with van der Waals surface area (Å²) in [5, 5.41) is 1.64. The van der Waals surface area contributed by atoms with E-state index in [2.05, 4.69) is 0 Å². The number of hydrogen-bond donors (Lipinski definition) is 1. The first kappa shape index (κ1) is 20.2. The van der Waals surface area contributed by atoms with Crippen LogP contribution in [0, 0.1) is 10.7 Å². The normalized spacial score (nSPS) is 11.5. The number of esters is 1. The molecule has 3 rings (SSSR count). The van der Waals surface area contributed by atoms with E-state index in [1.165, 1.54) is 6.07 Å². The molecule has 0 aliphatic carbocycles. The minimum absolute atomic E-state index is 0.108. The van der Waals surface area contributed by atoms with E-state index in [0.717, 1.165) is 10.8 Å². The van der Waals surface area contributed by atoms with Gasteiger partial charge in [0.2, 0.25) is 0 Å². The molecular formula is C17H9I3O5S. The fraction of sp³-hybridized carbons (Fsp3) is 0. The number of benzene rings is 3. The van der Waals surface area contributed by atoms with E-state index in [-0.39, 0.29) is 14.2 Å². The fourth-order valence-electron chi connectivity index (χ4n) is 2.44. The topological polar surface area (TPSA) is 80.7 Å². The van der Waals surface area contributed by atoms with Crippen LogP contribution in [0.3, 0.4) is 0 Å². The lowest BCUT2D eigenvalue weighted by Crippen LogP contribution is -2.13. The first-order valence-corrected chi connectivity index (χ1v) is 11.7. The van der Waals surface area contributed by atoms with Gasteiger partial charge in [0.05, 0.1) is 12.7 Å². The third-order valence-electron chi connectivity index (χ3n) is 3.55. The molecule has 0 aromatic heterocycles. The van der Waals surface area contributed by atoms with E-state index >= 15 is 0 Å². The number of rotatable bonds is 3. The number of carbonyl (C=O) groups excluding carboxylic acids is 1. The van der Waals surface area contributed by atoms with E-state index < -0.39 is 16.1 Å². The summed E-state index contributed by atoms with van der Waals surface area (Å²) < 4.78 is 39.4. The Hall–Kier alpha value is -0.510. The SMILES string of the molecule is O=C(Oc1c(I)cc(I)c(S(=O)(=O)O)c1I)c1cccc2ccccc12. The first-order valence-electron chi connectivity index (χ1n) is 7.05. The zero-order valence-electron chi connectivity index (χ0n) is 12.7. The maximum atomic E-state index is 12.7. The quantitative estimate of drug-likeness (QED) is 0.177. The van der Waals surface area contributed by atoms with Gasteiger partial charge in [0, 0.05) is 3.57 Å². The maximum absolute atomic E-state index is 12.7. The molecule has 0 radical (unpaired) electrons. The number of hydrogen-bond acceptors (Lipinski definition) is 4. The molecule has 0 bridgehead atoms. The molecule has 3 aromatic carbocycles. The van der Waals surface area contributed by atoms with Crippen LogP contribution >= 0.6 is 67.8 Å². The second-order valence-electron chi connectivity index (χ2n) is 5.20. The van der Waals surface area contributed by atoms with Gasteiger partial charge in [-0.05, 0) is 90.7 Å². The third-order valence-corrected chi connectivity index (χ3v) is 7.90. The Morgan fingerprint density at radius 3 is 2.31 bits per heavy atom. The molecule has 0 heterocycles. The van der Waals surface area contributed by atoms with Crippen molar-refractivity contribution in [3.63, 3.8) is 0 Å². The molecule has 5 nitrogen and oxygen atoms in total. The molecule has 0 unspecified atom stereocenters. The van der Waals surface area contributed by atoms with Crippen LogP contribution in [0.15, 0.2) is 53.4 Å². The van der Waals surface area contributed by atoms with Crippen LogP contribution in [0.25, 0.3) is 10.8 Å². The lowest BCUT2D eigenvalue weighted by Gasteiger charge is -2.13. The lowest BCUT2D eigenvalue weighted by molar-refractivity contribution is 0.0733. The Kier molecular flexibility index (Phi) is 6.11. The fourth-order valence-corrected chi connectivity index (χ4v) is 8.32. The smallest absolute Gasteiger partial charge is 0.344 e. The molecule has 1 N–H and O–H groups in total. The van der Waals surface area contributed by atoms with Crippen LogP contribution in [-0.2, 0) is 10.1 Å². The summed E-state index contributed by atoms with van der Waals surface area (Å²) >= 11 is 5.55. The number of fused-ring (bicyclic) bond motifs is 1. The summed E-state index contributed by atoms with van der Waals surface area (Å²) in [4.78, 5) is 12.5. The molecule has 0 aliphatic heterocycles. The van der Waals surface area contributed by atoms with Crippen LogP contribution in [0.4, 0.5) is 0 Å². The average Bonchev–Trinajstić information content (AvgIpc) is 2.56. The first-order chi connectivity index (χ1) is 12.2. The highest BCUT2D eigenvalue weighted by molar-refractivity contribution is 14.1. The van der Waals surface area contributed by atoms with Gasteiger partial charge in [-0.3, -0.25) is 4.55 Å². The van der Waals surface area contributed by atoms with Crippen molar-refractivity contribution >= 4 is 94.6 Å². The molecule has 0 fully saturated rings. The molecule has 0 saturated carbocycles. The van der Waals surface area contributed by atoms with Crippen molar-refractivity contribution < 1.29 is 22.5 Å². The van der Waals surface area contributed by atoms with Crippen LogP contribution < -0.4 is 4.74 Å². The van der Waals surface area contributed by atoms with Crippen LogP contribution in [-0.4, -0.2) is 18.9 Å². The lowest BCUT2D eigenvalue weighted by atomic mass is 10.0. The number of ether oxygens (including phenoxy) is 1. The van der Waals surface area contributed by atoms with Crippen molar-refractivity contribution in [2.24, 2.45) is 0 Å². The molecule has 3 aromatic rings. The summed E-state index contributed by atoms with van der Waals surface area (Å²) in [6, 6.07) is 14.3. The predicted molar refractivity (Wildman–Crippen MR) is 123 cm³/mol. The average molecular weight is 706 g/mol. The Morgan fingerprint density at radius 2 is 1.62 bits per heavy atom. The summed E-state index contributed by atoms with van der Waals surface area (Å²) in [6.45, 7) is 0. The van der Waals surface area contributed by atoms with Crippen molar-refractivity contribution in [3.8, 4) is 5.75 Å². The third kappa shape index (κ3) is 4.00. The van der Waals surface area contributed by atoms with Gasteiger partial charge in [-0.15, -0.1) is 0 Å². The minimum atomic E-state index is -4.45. The standard InChI is InChI=1S/C17H9I3O5S/c18-12-8-13(19)16(26(22,23)24)14(20)15(12)25-17(21)11-7-3-5-9-4-1-2-6-10(9)11/h1-8H,(H,22,23,24). The van der Waals surface area contributed by atoms with Gasteiger partial charge in [-0.1, -0.05) is 36.4 Å². The van der Waals surface area contributed by atoms with Gasteiger partial charge in [-0.25, -0.2) is 4.79 Å². The van der Waals surface area contributed by atoms with Crippen molar-refractivity contribution in [2.45, 2.75) is 4.90 Å². The van der Waals surface area contributed by atoms with Crippen LogP contribution in [0.5, 0.6) is 5.75 Å². The zero-order valence-corrected chi connectivity index (χ0v) is 20.0. The van der Waals surface area contributed by atoms with Gasteiger partial charge in [0.15, 0.2) is 5.75 Å². The van der Waals surface area contributed by atoms with Gasteiger partial charge in [0.25, 0.3) is 10.1 Å². The van der Waals surface area contributed by atoms with E-state index in [1.54, 1.807) is 34.7 Å². The predicted octanol–water partition coefficient (Wildman–Crippen LogP) is 5.12. The largest absolute Gasteiger partial charge is 0.421 e. The van der Waals surface area contributed by atoms with Crippen molar-refractivity contribution in [2.75, 3.05) is 0 Å². The summed E-state index contributed by atoms with van der Waals surface area (Å²) in [6.07, 6.45) is 0. The van der Waals surface area contributed by atoms with Crippen LogP contribution in [0.1, 0.15) is 10.4 Å². The molecular weight excluding hydrogens is 697 g/mol. The van der Waals surface area contributed by atoms with E-state index in [1.807, 2.05) is 75.5 Å². The summed E-state index contributed by atoms with van der Waals surface area (Å²) in [7, 11) is -4.45. The highest BCUT2D eigenvalue weighted by Crippen LogP contribution is 2.36. The monoisotopic (exact) mass is 706 g/mol. The molecule has 9 heteroatoms. The Balaban J connectivity index is 2.10. The summed E-state index contributed by atoms with van der Waals surface area (Å²) in [5.41, 5.74) is 0.377. The molecule has 0 spiro atoms. The highest BCUT2D eigenvalue weighted by Gasteiger charge is 2.26. The van der Waals surface area contributed by atoms with Gasteiger partial charge < -0.3 is 4.74 Å². The maximum Gasteiger partial charge on any atom is 0.344 e. The van der Waals surface area contributed by atoms with Gasteiger partial charge in [0.1, 0.15) is 4.90 Å². The van der Waals surface area contributed by atoms with Crippen LogP contribution in [0.2, 0.25) is 0 Å². The van der Waals surface area contributed by atoms with Gasteiger partial charge >= 0.3 is 5.97 Å². The molecule has 26 heavy (non-hydrogen) atoms. The molecule has 0 aliphatic rings. The summed E-state index contributed by atoms with van der Waals surface area (Å²) in [5.74, 6) is -0.489. The van der Waals surface area contributed by atoms with E-state index in [4.69, 9.17) is 4.74 Å². The Bertz CT molecular complexity index is 1140. The van der Waals surface area contributed by atoms with Crippen molar-refractivity contribution in [3.05, 3.63) is 64.8 Å². The zero-order chi connectivity index (χ0) is 19.1. The minimum Gasteiger partial charge on any atom is -0.421 e. The Labute approximate surface area is 190 Å².